The Bertz CT molecular complexity index is 1580. The molecule has 8 nitrogen and oxygen atoms in total. The lowest BCUT2D eigenvalue weighted by Gasteiger charge is -2.26. The van der Waals surface area contributed by atoms with Crippen LogP contribution in [-0.4, -0.2) is 36.4 Å². The van der Waals surface area contributed by atoms with E-state index < -0.39 is 23.0 Å². The minimum atomic E-state index is -1.35. The van der Waals surface area contributed by atoms with Crippen LogP contribution in [-0.2, 0) is 21.5 Å². The first-order valence-electron chi connectivity index (χ1n) is 10.6. The van der Waals surface area contributed by atoms with E-state index in [0.29, 0.717) is 27.9 Å². The fourth-order valence-corrected chi connectivity index (χ4v) is 4.66. The first-order chi connectivity index (χ1) is 16.4. The van der Waals surface area contributed by atoms with Crippen molar-refractivity contribution in [3.63, 3.8) is 0 Å². The van der Waals surface area contributed by atoms with Crippen molar-refractivity contribution in [3.8, 4) is 11.5 Å². The van der Waals surface area contributed by atoms with Crippen LogP contribution in [0.25, 0.3) is 28.6 Å². The molecular weight excluding hydrogens is 442 g/mol. The van der Waals surface area contributed by atoms with E-state index in [1.54, 1.807) is 30.4 Å². The zero-order chi connectivity index (χ0) is 23.6. The Morgan fingerprint density at radius 3 is 2.85 bits per heavy atom. The van der Waals surface area contributed by atoms with Gasteiger partial charge in [0.25, 0.3) is 0 Å². The van der Waals surface area contributed by atoms with Crippen LogP contribution in [0.2, 0.25) is 0 Å². The molecule has 0 fully saturated rings. The maximum atomic E-state index is 14.3. The summed E-state index contributed by atoms with van der Waals surface area (Å²) in [5.74, 6) is -1.37. The molecule has 4 aromatic rings. The predicted molar refractivity (Wildman–Crippen MR) is 119 cm³/mol. The van der Waals surface area contributed by atoms with E-state index in [2.05, 4.69) is 25.4 Å². The number of halogens is 2. The number of amides is 1. The molecular formula is C24H16F2N6O2. The van der Waals surface area contributed by atoms with Crippen molar-refractivity contribution >= 4 is 34.6 Å². The highest BCUT2D eigenvalue weighted by Crippen LogP contribution is 2.46. The normalized spacial score (nSPS) is 18.3. The van der Waals surface area contributed by atoms with Crippen LogP contribution in [0.5, 0.6) is 0 Å². The number of nitrogens with one attached hydrogen (secondary N) is 1. The molecule has 0 radical (unpaired) electrons. The highest BCUT2D eigenvalue weighted by molar-refractivity contribution is 6.21. The molecule has 0 saturated heterocycles. The fourth-order valence-electron chi connectivity index (χ4n) is 4.66. The number of anilines is 1. The summed E-state index contributed by atoms with van der Waals surface area (Å²) in [6.07, 6.45) is 4.74. The van der Waals surface area contributed by atoms with Crippen LogP contribution in [0.1, 0.15) is 30.2 Å². The molecule has 168 valence electrons. The van der Waals surface area contributed by atoms with E-state index in [1.807, 2.05) is 0 Å². The Kier molecular flexibility index (Phi) is 4.22. The second-order valence-electron chi connectivity index (χ2n) is 8.30. The van der Waals surface area contributed by atoms with Gasteiger partial charge in [0.15, 0.2) is 11.5 Å². The highest BCUT2D eigenvalue weighted by atomic mass is 19.1. The highest BCUT2D eigenvalue weighted by Gasteiger charge is 2.53. The van der Waals surface area contributed by atoms with E-state index in [4.69, 9.17) is 0 Å². The molecule has 0 bridgehead atoms. The number of nitrogens with zero attached hydrogens (tertiary/aromatic N) is 5. The summed E-state index contributed by atoms with van der Waals surface area (Å²) in [6.45, 7) is 1.43. The lowest BCUT2D eigenvalue weighted by atomic mass is 9.73. The minimum absolute atomic E-state index is 0.0592. The molecule has 1 aliphatic heterocycles. The number of rotatable bonds is 4. The number of carbonyl (C=O) groups excluding carboxylic acids is 2. The Balaban J connectivity index is 1.55. The van der Waals surface area contributed by atoms with Crippen molar-refractivity contribution in [2.45, 2.75) is 25.3 Å². The van der Waals surface area contributed by atoms with Gasteiger partial charge < -0.3 is 5.32 Å². The molecule has 0 spiro atoms. The van der Waals surface area contributed by atoms with Crippen molar-refractivity contribution in [3.05, 3.63) is 71.1 Å². The number of allylic oxidation sites excluding steroid dienone is 1. The second-order valence-corrected chi connectivity index (χ2v) is 8.30. The second kappa shape index (κ2) is 7.08. The van der Waals surface area contributed by atoms with Gasteiger partial charge in [-0.2, -0.15) is 5.10 Å². The van der Waals surface area contributed by atoms with Gasteiger partial charge in [-0.25, -0.2) is 28.4 Å². The van der Waals surface area contributed by atoms with Gasteiger partial charge >= 0.3 is 0 Å². The zero-order valence-corrected chi connectivity index (χ0v) is 17.8. The number of hydrogen-bond donors (Lipinski definition) is 1. The van der Waals surface area contributed by atoms with Crippen LogP contribution in [0, 0.1) is 11.6 Å². The molecule has 0 unspecified atom stereocenters. The molecule has 1 aliphatic carbocycles. The summed E-state index contributed by atoms with van der Waals surface area (Å²) in [5, 5.41) is 7.58. The number of aromatic nitrogens is 5. The Morgan fingerprint density at radius 1 is 1.24 bits per heavy atom. The third kappa shape index (κ3) is 2.74. The molecule has 1 aromatic carbocycles. The van der Waals surface area contributed by atoms with E-state index in [1.165, 1.54) is 23.7 Å². The molecule has 4 heterocycles. The predicted octanol–water partition coefficient (Wildman–Crippen LogP) is 3.41. The number of benzene rings is 1. The van der Waals surface area contributed by atoms with Gasteiger partial charge in [-0.15, -0.1) is 0 Å². The van der Waals surface area contributed by atoms with E-state index in [-0.39, 0.29) is 36.1 Å². The lowest BCUT2D eigenvalue weighted by molar-refractivity contribution is -0.131. The van der Waals surface area contributed by atoms with Crippen molar-refractivity contribution in [2.24, 2.45) is 0 Å². The number of carbonyl (C=O) groups is 2. The van der Waals surface area contributed by atoms with Crippen molar-refractivity contribution in [1.29, 1.82) is 0 Å². The first kappa shape index (κ1) is 20.3. The lowest BCUT2D eigenvalue weighted by Crippen LogP contribution is -2.42. The van der Waals surface area contributed by atoms with Crippen LogP contribution in [0.15, 0.2) is 42.6 Å². The van der Waals surface area contributed by atoms with Gasteiger partial charge in [0.05, 0.1) is 23.8 Å². The molecule has 0 saturated carbocycles. The Hall–Kier alpha value is -4.34. The molecule has 34 heavy (non-hydrogen) atoms. The maximum absolute atomic E-state index is 14.3. The molecule has 10 heteroatoms. The number of ketones is 1. The molecule has 1 amide bonds. The summed E-state index contributed by atoms with van der Waals surface area (Å²) in [6, 6.07) is 7.54. The molecule has 1 N–H and O–H groups in total. The standard InChI is InChI=1S/C24H16F2N6O2/c1-12(33)24-8-4-7-17-18(24)20(30-23(24)34)29-21(28-17)19-15-9-14(25)10-27-22(15)32(31-19)11-13-5-2-3-6-16(13)26/h2-7,9-10H,8,11H2,1H3,(H,28,29,30,34)/t24-/m0/s1. The third-order valence-electron chi connectivity index (χ3n) is 6.33. The molecule has 1 atom stereocenters. The monoisotopic (exact) mass is 458 g/mol. The first-order valence-corrected chi connectivity index (χ1v) is 10.6. The van der Waals surface area contributed by atoms with E-state index in [9.17, 15) is 18.4 Å². The van der Waals surface area contributed by atoms with Crippen LogP contribution < -0.4 is 5.32 Å². The smallest absolute Gasteiger partial charge is 0.244 e. The summed E-state index contributed by atoms with van der Waals surface area (Å²) in [5.41, 5.74) is 0.450. The van der Waals surface area contributed by atoms with Crippen LogP contribution in [0.3, 0.4) is 0 Å². The van der Waals surface area contributed by atoms with Gasteiger partial charge in [0, 0.05) is 11.1 Å². The number of Topliss-reactive ketones (excluding diaryl/α,β-unsaturated/α-hetero) is 1. The molecule has 2 aliphatic rings. The third-order valence-corrected chi connectivity index (χ3v) is 6.33. The quantitative estimate of drug-likeness (QED) is 0.470. The van der Waals surface area contributed by atoms with Crippen LogP contribution in [0.4, 0.5) is 14.6 Å². The van der Waals surface area contributed by atoms with Gasteiger partial charge in [0.2, 0.25) is 5.91 Å². The van der Waals surface area contributed by atoms with Gasteiger partial charge in [-0.3, -0.25) is 9.59 Å². The fraction of sp³-hybridized carbons (Fsp3) is 0.167. The average Bonchev–Trinajstić information content (AvgIpc) is 3.31. The van der Waals surface area contributed by atoms with Crippen molar-refractivity contribution < 1.29 is 18.4 Å². The number of pyridine rings is 1. The van der Waals surface area contributed by atoms with E-state index >= 15 is 0 Å². The SMILES string of the molecule is CC(=O)[C@@]12CC=Cc3nc(-c4nn(Cc5ccccc5F)c5ncc(F)cc45)nc(c31)NC2=O. The summed E-state index contributed by atoms with van der Waals surface area (Å²) < 4.78 is 29.9. The number of fused-ring (bicyclic) bond motifs is 1. The van der Waals surface area contributed by atoms with Crippen molar-refractivity contribution in [2.75, 3.05) is 5.32 Å². The van der Waals surface area contributed by atoms with Gasteiger partial charge in [-0.1, -0.05) is 24.3 Å². The van der Waals surface area contributed by atoms with Crippen LogP contribution >= 0.6 is 0 Å². The Labute approximate surface area is 191 Å². The average molecular weight is 458 g/mol. The van der Waals surface area contributed by atoms with Gasteiger partial charge in [-0.05, 0) is 31.6 Å². The summed E-state index contributed by atoms with van der Waals surface area (Å²) in [4.78, 5) is 38.5. The summed E-state index contributed by atoms with van der Waals surface area (Å²) >= 11 is 0. The maximum Gasteiger partial charge on any atom is 0.244 e. The van der Waals surface area contributed by atoms with E-state index in [0.717, 1.165) is 6.20 Å². The minimum Gasteiger partial charge on any atom is -0.309 e. The van der Waals surface area contributed by atoms with Crippen molar-refractivity contribution in [1.82, 2.24) is 24.7 Å². The molecule has 6 rings (SSSR count). The Morgan fingerprint density at radius 2 is 2.06 bits per heavy atom. The van der Waals surface area contributed by atoms with Gasteiger partial charge in [0.1, 0.15) is 34.3 Å². The molecule has 3 aromatic heterocycles. The summed E-state index contributed by atoms with van der Waals surface area (Å²) in [7, 11) is 0. The topological polar surface area (TPSA) is 103 Å². The number of hydrogen-bond acceptors (Lipinski definition) is 6. The zero-order valence-electron chi connectivity index (χ0n) is 17.8. The largest absolute Gasteiger partial charge is 0.309 e.